The lowest BCUT2D eigenvalue weighted by Gasteiger charge is -2.30. The highest BCUT2D eigenvalue weighted by atomic mass is 35.5. The molecule has 0 amide bonds. The van der Waals surface area contributed by atoms with Crippen LogP contribution >= 0.6 is 11.6 Å². The molecule has 2 heteroatoms. The van der Waals surface area contributed by atoms with Gasteiger partial charge < -0.3 is 4.74 Å². The summed E-state index contributed by atoms with van der Waals surface area (Å²) < 4.78 is 5.54. The molecule has 0 saturated heterocycles. The molecule has 0 aromatic heterocycles. The van der Waals surface area contributed by atoms with E-state index in [4.69, 9.17) is 16.3 Å². The van der Waals surface area contributed by atoms with E-state index in [1.54, 1.807) is 0 Å². The van der Waals surface area contributed by atoms with Crippen LogP contribution in [0, 0.1) is 5.41 Å². The molecule has 0 N–H and O–H groups in total. The molecule has 0 radical (unpaired) electrons. The molecule has 1 heterocycles. The third-order valence-electron chi connectivity index (χ3n) is 4.36. The van der Waals surface area contributed by atoms with Crippen LogP contribution in [-0.4, -0.2) is 6.61 Å². The van der Waals surface area contributed by atoms with Crippen molar-refractivity contribution in [1.29, 1.82) is 0 Å². The van der Waals surface area contributed by atoms with E-state index in [2.05, 4.69) is 25.1 Å². The number of rotatable bonds is 2. The second-order valence-electron chi connectivity index (χ2n) is 5.69. The van der Waals surface area contributed by atoms with Gasteiger partial charge in [0.25, 0.3) is 0 Å². The van der Waals surface area contributed by atoms with E-state index in [-0.39, 0.29) is 10.8 Å². The first kappa shape index (κ1) is 11.4. The first-order chi connectivity index (χ1) is 8.19. The zero-order valence-corrected chi connectivity index (χ0v) is 11.1. The summed E-state index contributed by atoms with van der Waals surface area (Å²) in [7, 11) is 0. The molecule has 1 saturated carbocycles. The molecule has 17 heavy (non-hydrogen) atoms. The third kappa shape index (κ3) is 1.95. The maximum atomic E-state index is 6.71. The topological polar surface area (TPSA) is 9.23 Å². The number of hydrogen-bond donors (Lipinski definition) is 0. The van der Waals surface area contributed by atoms with Gasteiger partial charge in [-0.15, -0.1) is 11.6 Å². The molecule has 1 nitrogen and oxygen atoms in total. The van der Waals surface area contributed by atoms with E-state index in [0.29, 0.717) is 0 Å². The smallest absolute Gasteiger partial charge is 0.122 e. The van der Waals surface area contributed by atoms with E-state index >= 15 is 0 Å². The van der Waals surface area contributed by atoms with Crippen LogP contribution in [0.15, 0.2) is 18.2 Å². The Morgan fingerprint density at radius 2 is 2.06 bits per heavy atom. The summed E-state index contributed by atoms with van der Waals surface area (Å²) in [5.74, 6) is 1.05. The molecule has 1 aliphatic carbocycles. The Morgan fingerprint density at radius 3 is 2.82 bits per heavy atom. The summed E-state index contributed by atoms with van der Waals surface area (Å²) in [6.07, 6.45) is 6.20. The number of halogens is 1. The summed E-state index contributed by atoms with van der Waals surface area (Å²) >= 11 is 6.71. The van der Waals surface area contributed by atoms with Gasteiger partial charge in [0.15, 0.2) is 0 Å². The fourth-order valence-electron chi connectivity index (χ4n) is 3.20. The summed E-state index contributed by atoms with van der Waals surface area (Å²) in [6.45, 7) is 3.16. The lowest BCUT2D eigenvalue weighted by atomic mass is 9.81. The van der Waals surface area contributed by atoms with Crippen molar-refractivity contribution < 1.29 is 4.74 Å². The first-order valence-electron chi connectivity index (χ1n) is 6.59. The van der Waals surface area contributed by atoms with Crippen molar-refractivity contribution in [2.24, 2.45) is 5.41 Å². The van der Waals surface area contributed by atoms with Crippen molar-refractivity contribution in [3.05, 3.63) is 29.3 Å². The van der Waals surface area contributed by atoms with E-state index in [0.717, 1.165) is 18.8 Å². The van der Waals surface area contributed by atoms with Crippen LogP contribution in [0.1, 0.15) is 49.1 Å². The Morgan fingerprint density at radius 1 is 1.29 bits per heavy atom. The molecule has 1 fully saturated rings. The van der Waals surface area contributed by atoms with Crippen molar-refractivity contribution in [2.45, 2.75) is 44.4 Å². The van der Waals surface area contributed by atoms with E-state index in [9.17, 15) is 0 Å². The Kier molecular flexibility index (Phi) is 2.82. The van der Waals surface area contributed by atoms with Crippen LogP contribution in [-0.2, 0) is 6.42 Å². The molecule has 3 rings (SSSR count). The predicted molar refractivity (Wildman–Crippen MR) is 70.8 cm³/mol. The minimum absolute atomic E-state index is 0.149. The number of fused-ring (bicyclic) bond motifs is 1. The van der Waals surface area contributed by atoms with Crippen molar-refractivity contribution in [3.8, 4) is 5.75 Å². The quantitative estimate of drug-likeness (QED) is 0.703. The Balaban J connectivity index is 1.88. The number of ether oxygens (including phenoxy) is 1. The molecule has 92 valence electrons. The van der Waals surface area contributed by atoms with Gasteiger partial charge in [-0.1, -0.05) is 31.9 Å². The fraction of sp³-hybridized carbons (Fsp3) is 0.600. The van der Waals surface area contributed by atoms with Crippen molar-refractivity contribution in [2.75, 3.05) is 6.61 Å². The van der Waals surface area contributed by atoms with E-state index < -0.39 is 0 Å². The van der Waals surface area contributed by atoms with Crippen LogP contribution in [0.2, 0.25) is 0 Å². The highest BCUT2D eigenvalue weighted by Crippen LogP contribution is 2.51. The maximum Gasteiger partial charge on any atom is 0.122 e. The Bertz CT molecular complexity index is 421. The van der Waals surface area contributed by atoms with Crippen molar-refractivity contribution in [3.63, 3.8) is 0 Å². The lowest BCUT2D eigenvalue weighted by Crippen LogP contribution is -2.18. The minimum atomic E-state index is 0.149. The van der Waals surface area contributed by atoms with Gasteiger partial charge in [-0.2, -0.15) is 0 Å². The fourth-order valence-corrected chi connectivity index (χ4v) is 3.56. The Hall–Kier alpha value is -0.690. The number of benzene rings is 1. The molecule has 1 atom stereocenters. The highest BCUT2D eigenvalue weighted by Gasteiger charge is 2.37. The number of alkyl halides is 1. The maximum absolute atomic E-state index is 6.71. The van der Waals surface area contributed by atoms with Gasteiger partial charge >= 0.3 is 0 Å². The largest absolute Gasteiger partial charge is 0.493 e. The number of hydrogen-bond acceptors (Lipinski definition) is 1. The second-order valence-corrected chi connectivity index (χ2v) is 6.13. The highest BCUT2D eigenvalue weighted by molar-refractivity contribution is 6.21. The summed E-state index contributed by atoms with van der Waals surface area (Å²) in [6, 6.07) is 6.49. The summed E-state index contributed by atoms with van der Waals surface area (Å²) in [4.78, 5) is 0. The second kappa shape index (κ2) is 4.20. The zero-order chi connectivity index (χ0) is 11.9. The van der Waals surface area contributed by atoms with Gasteiger partial charge in [-0.3, -0.25) is 0 Å². The van der Waals surface area contributed by atoms with Crippen LogP contribution in [0.25, 0.3) is 0 Å². The van der Waals surface area contributed by atoms with E-state index in [1.165, 1.54) is 36.8 Å². The van der Waals surface area contributed by atoms with Crippen LogP contribution in [0.5, 0.6) is 5.75 Å². The van der Waals surface area contributed by atoms with Crippen molar-refractivity contribution in [1.82, 2.24) is 0 Å². The normalized spacial score (nSPS) is 23.2. The van der Waals surface area contributed by atoms with Crippen molar-refractivity contribution >= 4 is 11.6 Å². The molecule has 1 unspecified atom stereocenters. The van der Waals surface area contributed by atoms with Gasteiger partial charge in [-0.25, -0.2) is 0 Å². The van der Waals surface area contributed by atoms with Gasteiger partial charge in [0.2, 0.25) is 0 Å². The van der Waals surface area contributed by atoms with Crippen LogP contribution in [0.3, 0.4) is 0 Å². The minimum Gasteiger partial charge on any atom is -0.493 e. The monoisotopic (exact) mass is 250 g/mol. The molecule has 1 aromatic carbocycles. The molecular formula is C15H19ClO. The molecule has 0 bridgehead atoms. The standard InChI is InChI=1S/C15H19ClO/c1-15(7-2-3-8-15)14(16)12-4-5-13-11(10-12)6-9-17-13/h4-5,10,14H,2-3,6-9H2,1H3. The summed E-state index contributed by atoms with van der Waals surface area (Å²) in [5, 5.41) is 0.149. The predicted octanol–water partition coefficient (Wildman–Crippen LogP) is 4.48. The molecule has 1 aromatic rings. The molecule has 0 spiro atoms. The van der Waals surface area contributed by atoms with Gasteiger partial charge in [-0.05, 0) is 35.4 Å². The first-order valence-corrected chi connectivity index (χ1v) is 7.02. The third-order valence-corrected chi connectivity index (χ3v) is 5.14. The summed E-state index contributed by atoms with van der Waals surface area (Å²) in [5.41, 5.74) is 2.89. The Labute approximate surface area is 108 Å². The average molecular weight is 251 g/mol. The average Bonchev–Trinajstić information content (AvgIpc) is 2.96. The lowest BCUT2D eigenvalue weighted by molar-refractivity contribution is 0.321. The van der Waals surface area contributed by atoms with E-state index in [1.807, 2.05) is 0 Å². The van der Waals surface area contributed by atoms with Gasteiger partial charge in [0, 0.05) is 6.42 Å². The molecule has 1 aliphatic heterocycles. The van der Waals surface area contributed by atoms with Gasteiger partial charge in [0.05, 0.1) is 12.0 Å². The zero-order valence-electron chi connectivity index (χ0n) is 10.3. The SMILES string of the molecule is CC1(C(Cl)c2ccc3c(c2)CCO3)CCCC1. The molecule has 2 aliphatic rings. The van der Waals surface area contributed by atoms with Crippen LogP contribution in [0.4, 0.5) is 0 Å². The van der Waals surface area contributed by atoms with Gasteiger partial charge in [0.1, 0.15) is 5.75 Å². The molecular weight excluding hydrogens is 232 g/mol. The van der Waals surface area contributed by atoms with Crippen LogP contribution < -0.4 is 4.74 Å².